The quantitative estimate of drug-likeness (QED) is 0.568. The summed E-state index contributed by atoms with van der Waals surface area (Å²) >= 11 is 1.35. The standard InChI is InChI=1S/C14H17N5O2S/c1-8(20)17-6-10-5-9(3-4-12(10)21-2)11-7-22-14(18-11)19-13(15)16/h3-5,7H,6H2,1-2H3,(H,17,20)(H4,15,16,18,19). The van der Waals surface area contributed by atoms with Gasteiger partial charge in [0.15, 0.2) is 5.96 Å². The third-order valence-corrected chi connectivity index (χ3v) is 3.56. The van der Waals surface area contributed by atoms with Crippen LogP contribution in [0.4, 0.5) is 5.13 Å². The second-order valence-electron chi connectivity index (χ2n) is 4.49. The summed E-state index contributed by atoms with van der Waals surface area (Å²) in [5.74, 6) is 0.579. The van der Waals surface area contributed by atoms with E-state index in [1.807, 2.05) is 23.6 Å². The molecule has 0 unspecified atom stereocenters. The van der Waals surface area contributed by atoms with E-state index in [0.717, 1.165) is 16.8 Å². The fraction of sp³-hybridized carbons (Fsp3) is 0.214. The summed E-state index contributed by atoms with van der Waals surface area (Å²) in [5.41, 5.74) is 13.2. The molecule has 8 heteroatoms. The first-order valence-corrected chi connectivity index (χ1v) is 7.34. The summed E-state index contributed by atoms with van der Waals surface area (Å²) in [6.45, 7) is 1.86. The number of hydrogen-bond acceptors (Lipinski definition) is 5. The lowest BCUT2D eigenvalue weighted by molar-refractivity contribution is -0.119. The average Bonchev–Trinajstić information content (AvgIpc) is 2.92. The number of hydrogen-bond donors (Lipinski definition) is 3. The number of carbonyl (C=O) groups is 1. The largest absolute Gasteiger partial charge is 0.496 e. The highest BCUT2D eigenvalue weighted by atomic mass is 32.1. The van der Waals surface area contributed by atoms with Crippen molar-refractivity contribution in [2.24, 2.45) is 16.5 Å². The van der Waals surface area contributed by atoms with Crippen LogP contribution in [0, 0.1) is 0 Å². The molecule has 1 aromatic carbocycles. The monoisotopic (exact) mass is 319 g/mol. The molecule has 2 aromatic rings. The molecule has 22 heavy (non-hydrogen) atoms. The smallest absolute Gasteiger partial charge is 0.217 e. The highest BCUT2D eigenvalue weighted by Crippen LogP contribution is 2.30. The van der Waals surface area contributed by atoms with Gasteiger partial charge in [0, 0.05) is 30.0 Å². The van der Waals surface area contributed by atoms with E-state index in [9.17, 15) is 4.79 Å². The summed E-state index contributed by atoms with van der Waals surface area (Å²) in [4.78, 5) is 19.4. The van der Waals surface area contributed by atoms with Gasteiger partial charge in [-0.3, -0.25) is 4.79 Å². The molecule has 0 aliphatic heterocycles. The number of nitrogens with two attached hydrogens (primary N) is 2. The van der Waals surface area contributed by atoms with Crippen molar-refractivity contribution in [1.29, 1.82) is 0 Å². The zero-order valence-corrected chi connectivity index (χ0v) is 13.1. The van der Waals surface area contributed by atoms with Crippen molar-refractivity contribution in [1.82, 2.24) is 10.3 Å². The van der Waals surface area contributed by atoms with E-state index in [4.69, 9.17) is 16.2 Å². The molecule has 0 aliphatic rings. The van der Waals surface area contributed by atoms with Gasteiger partial charge in [-0.25, -0.2) is 4.98 Å². The van der Waals surface area contributed by atoms with Crippen molar-refractivity contribution in [2.75, 3.05) is 7.11 Å². The lowest BCUT2D eigenvalue weighted by atomic mass is 10.1. The van der Waals surface area contributed by atoms with Crippen LogP contribution in [0.15, 0.2) is 28.6 Å². The third-order valence-electron chi connectivity index (χ3n) is 2.82. The number of ether oxygens (including phenoxy) is 1. The molecule has 116 valence electrons. The van der Waals surface area contributed by atoms with Crippen LogP contribution in [-0.4, -0.2) is 24.0 Å². The summed E-state index contributed by atoms with van der Waals surface area (Å²) < 4.78 is 5.30. The zero-order chi connectivity index (χ0) is 16.1. The number of nitrogens with one attached hydrogen (secondary N) is 1. The first-order valence-electron chi connectivity index (χ1n) is 6.46. The van der Waals surface area contributed by atoms with Crippen molar-refractivity contribution < 1.29 is 9.53 Å². The number of amides is 1. The fourth-order valence-corrected chi connectivity index (χ4v) is 2.57. The van der Waals surface area contributed by atoms with Crippen molar-refractivity contribution in [3.8, 4) is 17.0 Å². The van der Waals surface area contributed by atoms with E-state index in [2.05, 4.69) is 15.3 Å². The van der Waals surface area contributed by atoms with Crippen molar-refractivity contribution in [3.05, 3.63) is 29.1 Å². The van der Waals surface area contributed by atoms with E-state index in [1.54, 1.807) is 7.11 Å². The molecule has 1 heterocycles. The maximum atomic E-state index is 11.1. The van der Waals surface area contributed by atoms with E-state index < -0.39 is 0 Å². The number of aromatic nitrogens is 1. The molecule has 0 atom stereocenters. The van der Waals surface area contributed by atoms with Gasteiger partial charge in [-0.1, -0.05) is 0 Å². The van der Waals surface area contributed by atoms with Crippen molar-refractivity contribution in [2.45, 2.75) is 13.5 Å². The molecule has 0 spiro atoms. The van der Waals surface area contributed by atoms with Crippen LogP contribution in [0.25, 0.3) is 11.3 Å². The number of methoxy groups -OCH3 is 1. The van der Waals surface area contributed by atoms with Gasteiger partial charge in [0.25, 0.3) is 0 Å². The number of aliphatic imine (C=N–C) groups is 1. The molecule has 0 bridgehead atoms. The van der Waals surface area contributed by atoms with Crippen LogP contribution in [0.2, 0.25) is 0 Å². The van der Waals surface area contributed by atoms with E-state index >= 15 is 0 Å². The Labute approximate surface area is 132 Å². The lowest BCUT2D eigenvalue weighted by Gasteiger charge is -2.10. The summed E-state index contributed by atoms with van der Waals surface area (Å²) in [5, 5.41) is 5.12. The Morgan fingerprint density at radius 3 is 2.86 bits per heavy atom. The van der Waals surface area contributed by atoms with Crippen molar-refractivity contribution >= 4 is 28.3 Å². The second-order valence-corrected chi connectivity index (χ2v) is 5.32. The van der Waals surface area contributed by atoms with Gasteiger partial charge < -0.3 is 21.5 Å². The number of thiazole rings is 1. The molecule has 2 rings (SSSR count). The topological polar surface area (TPSA) is 116 Å². The van der Waals surface area contributed by atoms with Gasteiger partial charge in [-0.05, 0) is 18.2 Å². The van der Waals surface area contributed by atoms with Gasteiger partial charge in [-0.15, -0.1) is 11.3 Å². The molecule has 1 amide bonds. The summed E-state index contributed by atoms with van der Waals surface area (Å²) in [6, 6.07) is 5.65. The number of rotatable bonds is 5. The predicted octanol–water partition coefficient (Wildman–Crippen LogP) is 1.36. The Balaban J connectivity index is 2.31. The minimum Gasteiger partial charge on any atom is -0.496 e. The van der Waals surface area contributed by atoms with Crippen LogP contribution in [0.1, 0.15) is 12.5 Å². The van der Waals surface area contributed by atoms with Crippen molar-refractivity contribution in [3.63, 3.8) is 0 Å². The second kappa shape index (κ2) is 6.90. The molecule has 0 aliphatic carbocycles. The maximum absolute atomic E-state index is 11.1. The minimum atomic E-state index is -0.101. The Hall–Kier alpha value is -2.61. The van der Waals surface area contributed by atoms with Crippen LogP contribution in [0.5, 0.6) is 5.75 Å². The number of carbonyl (C=O) groups excluding carboxylic acids is 1. The molecule has 0 fully saturated rings. The zero-order valence-electron chi connectivity index (χ0n) is 12.3. The predicted molar refractivity (Wildman–Crippen MR) is 87.1 cm³/mol. The Bertz CT molecular complexity index is 707. The molecule has 7 nitrogen and oxygen atoms in total. The first-order chi connectivity index (χ1) is 10.5. The fourth-order valence-electron chi connectivity index (χ4n) is 1.85. The molecule has 0 radical (unpaired) electrons. The lowest BCUT2D eigenvalue weighted by Crippen LogP contribution is -2.21. The minimum absolute atomic E-state index is 0.0259. The van der Waals surface area contributed by atoms with Crippen LogP contribution in [0.3, 0.4) is 0 Å². The summed E-state index contributed by atoms with van der Waals surface area (Å²) in [7, 11) is 1.59. The van der Waals surface area contributed by atoms with Crippen LogP contribution < -0.4 is 21.5 Å². The Kier molecular flexibility index (Phi) is 4.95. The number of guanidine groups is 1. The Morgan fingerprint density at radius 1 is 1.45 bits per heavy atom. The molecule has 1 aromatic heterocycles. The Morgan fingerprint density at radius 2 is 2.23 bits per heavy atom. The number of nitrogens with zero attached hydrogens (tertiary/aromatic N) is 2. The molecule has 0 saturated carbocycles. The first kappa shape index (κ1) is 15.8. The van der Waals surface area contributed by atoms with E-state index in [1.165, 1.54) is 18.3 Å². The molecule has 0 saturated heterocycles. The maximum Gasteiger partial charge on any atom is 0.217 e. The van der Waals surface area contributed by atoms with Gasteiger partial charge >= 0.3 is 0 Å². The number of benzene rings is 1. The average molecular weight is 319 g/mol. The summed E-state index contributed by atoms with van der Waals surface area (Å²) in [6.07, 6.45) is 0. The third kappa shape index (κ3) is 3.95. The van der Waals surface area contributed by atoms with Crippen LogP contribution >= 0.6 is 11.3 Å². The molecule has 5 N–H and O–H groups in total. The van der Waals surface area contributed by atoms with Gasteiger partial charge in [-0.2, -0.15) is 4.99 Å². The molecular weight excluding hydrogens is 302 g/mol. The highest BCUT2D eigenvalue weighted by molar-refractivity contribution is 7.13. The van der Waals surface area contributed by atoms with E-state index in [-0.39, 0.29) is 11.9 Å². The van der Waals surface area contributed by atoms with Gasteiger partial charge in [0.1, 0.15) is 5.75 Å². The SMILES string of the molecule is COc1ccc(-c2csc(N=C(N)N)n2)cc1CNC(C)=O. The van der Waals surface area contributed by atoms with Gasteiger partial charge in [0.2, 0.25) is 11.0 Å². The molecular formula is C14H17N5O2S. The van der Waals surface area contributed by atoms with Crippen LogP contribution in [-0.2, 0) is 11.3 Å². The highest BCUT2D eigenvalue weighted by Gasteiger charge is 2.09. The van der Waals surface area contributed by atoms with E-state index in [0.29, 0.717) is 17.4 Å². The normalized spacial score (nSPS) is 10.1. The van der Waals surface area contributed by atoms with Gasteiger partial charge in [0.05, 0.1) is 12.8 Å².